The highest BCUT2D eigenvalue weighted by Gasteiger charge is 2.62. The molecule has 3 atom stereocenters. The maximum absolute atomic E-state index is 12.8. The van der Waals surface area contributed by atoms with Crippen LogP contribution in [0.25, 0.3) is 0 Å². The van der Waals surface area contributed by atoms with Crippen LogP contribution in [0.3, 0.4) is 0 Å². The summed E-state index contributed by atoms with van der Waals surface area (Å²) < 4.78 is 38.5. The molecule has 1 saturated heterocycles. The maximum atomic E-state index is 12.8. The second-order valence-electron chi connectivity index (χ2n) is 7.35. The fourth-order valence-electron chi connectivity index (χ4n) is 4.54. The number of alkyl halides is 3. The molecule has 8 heteroatoms. The van der Waals surface area contributed by atoms with E-state index in [1.165, 1.54) is 0 Å². The van der Waals surface area contributed by atoms with Gasteiger partial charge in [0.15, 0.2) is 5.60 Å². The molecule has 0 radical (unpaired) electrons. The predicted molar refractivity (Wildman–Crippen MR) is 81.0 cm³/mol. The summed E-state index contributed by atoms with van der Waals surface area (Å²) in [5.74, 6) is 0.109. The number of piperidine rings is 1. The first-order valence-electron chi connectivity index (χ1n) is 8.00. The molecule has 3 rings (SSSR count). The third-order valence-corrected chi connectivity index (χ3v) is 6.07. The van der Waals surface area contributed by atoms with Crippen molar-refractivity contribution >= 4 is 18.3 Å². The molecule has 1 heterocycles. The van der Waals surface area contributed by atoms with Gasteiger partial charge in [0.1, 0.15) is 0 Å². The molecular formula is C15H24ClF3N2O2. The van der Waals surface area contributed by atoms with Crippen LogP contribution in [0.1, 0.15) is 44.9 Å². The van der Waals surface area contributed by atoms with Crippen LogP contribution in [0.4, 0.5) is 13.2 Å². The summed E-state index contributed by atoms with van der Waals surface area (Å²) in [5.41, 5.74) is 2.79. The van der Waals surface area contributed by atoms with Crippen LogP contribution in [0.15, 0.2) is 0 Å². The zero-order valence-electron chi connectivity index (χ0n) is 12.9. The Morgan fingerprint density at radius 1 is 1.17 bits per heavy atom. The number of rotatable bonds is 2. The molecule has 2 aliphatic carbocycles. The molecule has 0 aromatic carbocycles. The number of hydrogen-bond donors (Lipinski definition) is 3. The summed E-state index contributed by atoms with van der Waals surface area (Å²) in [6, 6.07) is 0. The van der Waals surface area contributed by atoms with E-state index >= 15 is 0 Å². The van der Waals surface area contributed by atoms with Gasteiger partial charge in [0, 0.05) is 11.5 Å². The van der Waals surface area contributed by atoms with Gasteiger partial charge in [-0.3, -0.25) is 4.79 Å². The summed E-state index contributed by atoms with van der Waals surface area (Å²) in [4.78, 5) is 11.4. The van der Waals surface area contributed by atoms with Crippen LogP contribution in [0.2, 0.25) is 0 Å². The number of nitrogens with two attached hydrogens (primary N) is 1. The lowest BCUT2D eigenvalue weighted by Gasteiger charge is -2.39. The van der Waals surface area contributed by atoms with Crippen molar-refractivity contribution in [3.05, 3.63) is 0 Å². The van der Waals surface area contributed by atoms with Gasteiger partial charge < -0.3 is 16.2 Å². The third kappa shape index (κ3) is 3.33. The topological polar surface area (TPSA) is 75.4 Å². The van der Waals surface area contributed by atoms with Gasteiger partial charge in [0.25, 0.3) is 0 Å². The maximum Gasteiger partial charge on any atom is 0.417 e. The van der Waals surface area contributed by atoms with Gasteiger partial charge >= 0.3 is 6.18 Å². The quantitative estimate of drug-likeness (QED) is 0.709. The number of amides is 1. The highest BCUT2D eigenvalue weighted by molar-refractivity contribution is 5.85. The summed E-state index contributed by atoms with van der Waals surface area (Å²) in [6.45, 7) is 0.739. The van der Waals surface area contributed by atoms with Gasteiger partial charge in [0.05, 0.1) is 0 Å². The lowest BCUT2D eigenvalue weighted by Crippen LogP contribution is -2.49. The number of aliphatic hydroxyl groups is 1. The Bertz CT molecular complexity index is 466. The fraction of sp³-hybridized carbons (Fsp3) is 0.933. The van der Waals surface area contributed by atoms with Gasteiger partial charge in [-0.15, -0.1) is 12.4 Å². The predicted octanol–water partition coefficient (Wildman–Crippen LogP) is 2.14. The highest BCUT2D eigenvalue weighted by atomic mass is 35.5. The molecule has 3 aliphatic rings. The first-order chi connectivity index (χ1) is 10.2. The number of halogens is 4. The molecule has 0 aromatic heterocycles. The van der Waals surface area contributed by atoms with Crippen LogP contribution in [-0.2, 0) is 4.79 Å². The van der Waals surface area contributed by atoms with Crippen LogP contribution in [0, 0.1) is 17.8 Å². The van der Waals surface area contributed by atoms with Crippen LogP contribution in [-0.4, -0.2) is 34.9 Å². The molecule has 1 aliphatic heterocycles. The molecule has 1 spiro atoms. The van der Waals surface area contributed by atoms with E-state index in [2.05, 4.69) is 5.32 Å². The molecule has 23 heavy (non-hydrogen) atoms. The molecule has 0 aromatic rings. The fourth-order valence-corrected chi connectivity index (χ4v) is 4.54. The van der Waals surface area contributed by atoms with Crippen molar-refractivity contribution in [2.24, 2.45) is 23.5 Å². The van der Waals surface area contributed by atoms with Gasteiger partial charge in [-0.25, -0.2) is 0 Å². The summed E-state index contributed by atoms with van der Waals surface area (Å²) >= 11 is 0. The summed E-state index contributed by atoms with van der Waals surface area (Å²) in [6.07, 6.45) is -1.84. The first-order valence-corrected chi connectivity index (χ1v) is 8.00. The van der Waals surface area contributed by atoms with E-state index in [1.807, 2.05) is 0 Å². The normalized spacial score (nSPS) is 43.7. The van der Waals surface area contributed by atoms with E-state index in [0.29, 0.717) is 25.2 Å². The zero-order chi connectivity index (χ0) is 16.2. The van der Waals surface area contributed by atoms with Crippen molar-refractivity contribution < 1.29 is 23.1 Å². The smallest absolute Gasteiger partial charge is 0.380 e. The van der Waals surface area contributed by atoms with Crippen molar-refractivity contribution in [1.82, 2.24) is 5.32 Å². The van der Waals surface area contributed by atoms with E-state index in [0.717, 1.165) is 19.4 Å². The standard InChI is InChI=1S/C15H23F3N2O2.ClH/c16-15(17,18)14(22)4-1-9(2-5-14)11-8-13(11)7-10(12(19)21)3-6-20-13;/h9-11,20,22H,1-8H2,(H2,19,21);1H. The average Bonchev–Trinajstić information content (AvgIpc) is 3.11. The van der Waals surface area contributed by atoms with Crippen molar-refractivity contribution in [2.75, 3.05) is 6.54 Å². The first kappa shape index (κ1) is 18.8. The highest BCUT2D eigenvalue weighted by Crippen LogP contribution is 2.58. The second-order valence-corrected chi connectivity index (χ2v) is 7.35. The van der Waals surface area contributed by atoms with Crippen LogP contribution >= 0.6 is 12.4 Å². The van der Waals surface area contributed by atoms with Crippen LogP contribution < -0.4 is 11.1 Å². The molecule has 1 amide bonds. The Kier molecular flexibility index (Phi) is 4.97. The van der Waals surface area contributed by atoms with Crippen molar-refractivity contribution in [3.63, 3.8) is 0 Å². The number of primary amides is 1. The van der Waals surface area contributed by atoms with Crippen molar-refractivity contribution in [1.29, 1.82) is 0 Å². The molecule has 134 valence electrons. The van der Waals surface area contributed by atoms with E-state index in [4.69, 9.17) is 5.73 Å². The minimum Gasteiger partial charge on any atom is -0.380 e. The third-order valence-electron chi connectivity index (χ3n) is 6.07. The number of carbonyl (C=O) groups excluding carboxylic acids is 1. The molecule has 2 saturated carbocycles. The van der Waals surface area contributed by atoms with Gasteiger partial charge in [-0.2, -0.15) is 13.2 Å². The average molecular weight is 357 g/mol. The summed E-state index contributed by atoms with van der Waals surface area (Å²) in [7, 11) is 0. The van der Waals surface area contributed by atoms with E-state index in [9.17, 15) is 23.1 Å². The second kappa shape index (κ2) is 6.08. The number of nitrogens with one attached hydrogen (secondary N) is 1. The van der Waals surface area contributed by atoms with E-state index < -0.39 is 11.8 Å². The van der Waals surface area contributed by atoms with Gasteiger partial charge in [0.2, 0.25) is 5.91 Å². The molecule has 4 N–H and O–H groups in total. The molecule has 4 nitrogen and oxygen atoms in total. The lowest BCUT2D eigenvalue weighted by atomic mass is 9.75. The Hall–Kier alpha value is -0.530. The molecular weight excluding hydrogens is 333 g/mol. The Balaban J connectivity index is 0.00000192. The van der Waals surface area contributed by atoms with Gasteiger partial charge in [-0.05, 0) is 63.3 Å². The van der Waals surface area contributed by atoms with Gasteiger partial charge in [-0.1, -0.05) is 0 Å². The monoisotopic (exact) mass is 356 g/mol. The van der Waals surface area contributed by atoms with E-state index in [1.54, 1.807) is 0 Å². The Morgan fingerprint density at radius 2 is 1.78 bits per heavy atom. The minimum atomic E-state index is -4.54. The SMILES string of the molecule is Cl.NC(=O)C1CCNC2(C1)CC2C1CCC(O)(C(F)(F)F)CC1. The minimum absolute atomic E-state index is 0. The number of carbonyl (C=O) groups is 1. The lowest BCUT2D eigenvalue weighted by molar-refractivity contribution is -0.272. The molecule has 0 bridgehead atoms. The van der Waals surface area contributed by atoms with Crippen molar-refractivity contribution in [3.8, 4) is 0 Å². The van der Waals surface area contributed by atoms with E-state index in [-0.39, 0.29) is 48.5 Å². The van der Waals surface area contributed by atoms with Crippen LogP contribution in [0.5, 0.6) is 0 Å². The zero-order valence-corrected chi connectivity index (χ0v) is 13.7. The summed E-state index contributed by atoms with van der Waals surface area (Å²) in [5, 5.41) is 13.2. The largest absolute Gasteiger partial charge is 0.417 e. The molecule has 3 fully saturated rings. The molecule has 3 unspecified atom stereocenters. The number of hydrogen-bond acceptors (Lipinski definition) is 3. The Morgan fingerprint density at radius 3 is 2.30 bits per heavy atom. The van der Waals surface area contributed by atoms with Crippen molar-refractivity contribution in [2.45, 2.75) is 62.3 Å². The Labute approximate surface area is 139 Å².